The Kier molecular flexibility index (Phi) is 4.26. The maximum Gasteiger partial charge on any atom is 0.220 e. The van der Waals surface area contributed by atoms with Crippen LogP contribution in [0.1, 0.15) is 37.7 Å². The largest absolute Gasteiger partial charge is 0.493 e. The third-order valence-corrected chi connectivity index (χ3v) is 4.79. The van der Waals surface area contributed by atoms with Gasteiger partial charge in [-0.15, -0.1) is 0 Å². The van der Waals surface area contributed by atoms with Crippen LogP contribution in [0.5, 0.6) is 11.5 Å². The van der Waals surface area contributed by atoms with E-state index in [1.54, 1.807) is 14.2 Å². The molecule has 4 N–H and O–H groups in total. The molecule has 1 fully saturated rings. The molecule has 7 heteroatoms. The molecule has 1 aliphatic carbocycles. The lowest BCUT2D eigenvalue weighted by Gasteiger charge is -2.46. The summed E-state index contributed by atoms with van der Waals surface area (Å²) in [5.74, 6) is 1.97. The van der Waals surface area contributed by atoms with Crippen molar-refractivity contribution in [3.8, 4) is 11.5 Å². The van der Waals surface area contributed by atoms with Gasteiger partial charge < -0.3 is 20.9 Å². The minimum Gasteiger partial charge on any atom is -0.493 e. The van der Waals surface area contributed by atoms with Gasteiger partial charge in [0.25, 0.3) is 0 Å². The van der Waals surface area contributed by atoms with Crippen LogP contribution in [0, 0.1) is 6.92 Å². The molecule has 0 bridgehead atoms. The molecule has 2 aliphatic rings. The number of hydrogen-bond donors (Lipinski definition) is 2. The topological polar surface area (TPSA) is 98.5 Å². The van der Waals surface area contributed by atoms with Crippen LogP contribution in [0.3, 0.4) is 0 Å². The first-order valence-electron chi connectivity index (χ1n) is 8.23. The number of nitrogens with zero attached hydrogens (tertiary/aromatic N) is 3. The summed E-state index contributed by atoms with van der Waals surface area (Å²) >= 11 is 0. The van der Waals surface area contributed by atoms with E-state index in [4.69, 9.17) is 25.9 Å². The fourth-order valence-corrected chi connectivity index (χ4v) is 3.68. The molecule has 1 saturated carbocycles. The van der Waals surface area contributed by atoms with Gasteiger partial charge in [0.1, 0.15) is 5.66 Å². The second kappa shape index (κ2) is 6.22. The van der Waals surface area contributed by atoms with E-state index in [1.165, 1.54) is 6.42 Å². The first kappa shape index (κ1) is 16.4. The molecule has 0 unspecified atom stereocenters. The fraction of sp³-hybridized carbons (Fsp3) is 0.529. The van der Waals surface area contributed by atoms with Crippen LogP contribution in [0.4, 0.5) is 5.69 Å². The highest BCUT2D eigenvalue weighted by molar-refractivity contribution is 6.06. The minimum absolute atomic E-state index is 0.253. The molecular formula is C17H25N5O2. The number of rotatable bonds is 3. The van der Waals surface area contributed by atoms with Gasteiger partial charge in [-0.05, 0) is 44.2 Å². The molecule has 1 aromatic rings. The van der Waals surface area contributed by atoms with Crippen LogP contribution in [-0.4, -0.2) is 31.8 Å². The number of anilines is 1. The van der Waals surface area contributed by atoms with E-state index in [9.17, 15) is 0 Å². The normalized spacial score (nSPS) is 19.7. The monoisotopic (exact) mass is 331 g/mol. The van der Waals surface area contributed by atoms with Crippen molar-refractivity contribution in [2.45, 2.75) is 44.7 Å². The van der Waals surface area contributed by atoms with Gasteiger partial charge in [-0.1, -0.05) is 6.42 Å². The zero-order valence-electron chi connectivity index (χ0n) is 14.5. The van der Waals surface area contributed by atoms with Crippen LogP contribution in [0.25, 0.3) is 0 Å². The molecule has 0 radical (unpaired) electrons. The quantitative estimate of drug-likeness (QED) is 0.884. The number of hydrogen-bond acceptors (Lipinski definition) is 7. The highest BCUT2D eigenvalue weighted by Gasteiger charge is 2.43. The summed E-state index contributed by atoms with van der Waals surface area (Å²) in [4.78, 5) is 10.9. The summed E-state index contributed by atoms with van der Waals surface area (Å²) in [5, 5.41) is 0. The Hall–Kier alpha value is -2.44. The van der Waals surface area contributed by atoms with E-state index in [-0.39, 0.29) is 5.96 Å². The predicted molar refractivity (Wildman–Crippen MR) is 95.8 cm³/mol. The van der Waals surface area contributed by atoms with Gasteiger partial charge in [-0.3, -0.25) is 4.90 Å². The van der Waals surface area contributed by atoms with Gasteiger partial charge >= 0.3 is 0 Å². The van der Waals surface area contributed by atoms with Gasteiger partial charge in [0.15, 0.2) is 11.5 Å². The lowest BCUT2D eigenvalue weighted by molar-refractivity contribution is 0.304. The molecule has 0 amide bonds. The number of nitrogens with two attached hydrogens (primary N) is 2. The highest BCUT2D eigenvalue weighted by Crippen LogP contribution is 2.43. The van der Waals surface area contributed by atoms with Crippen LogP contribution in [-0.2, 0) is 0 Å². The van der Waals surface area contributed by atoms with Crippen molar-refractivity contribution in [2.75, 3.05) is 19.1 Å². The summed E-state index contributed by atoms with van der Waals surface area (Å²) in [7, 11) is 3.25. The summed E-state index contributed by atoms with van der Waals surface area (Å²) in [5.41, 5.74) is 13.7. The van der Waals surface area contributed by atoms with Crippen LogP contribution >= 0.6 is 0 Å². The molecular weight excluding hydrogens is 306 g/mol. The third-order valence-electron chi connectivity index (χ3n) is 4.79. The zero-order chi connectivity index (χ0) is 17.3. The molecule has 1 aliphatic heterocycles. The van der Waals surface area contributed by atoms with E-state index in [1.807, 2.05) is 24.0 Å². The molecule has 0 atom stereocenters. The molecule has 130 valence electrons. The first-order valence-corrected chi connectivity index (χ1v) is 8.23. The van der Waals surface area contributed by atoms with E-state index in [0.717, 1.165) is 36.9 Å². The van der Waals surface area contributed by atoms with Crippen LogP contribution in [0.2, 0.25) is 0 Å². The Labute approximate surface area is 142 Å². The average Bonchev–Trinajstić information content (AvgIpc) is 2.55. The Bertz CT molecular complexity index is 692. The van der Waals surface area contributed by atoms with Crippen molar-refractivity contribution in [3.63, 3.8) is 0 Å². The second-order valence-corrected chi connectivity index (χ2v) is 6.31. The van der Waals surface area contributed by atoms with Gasteiger partial charge in [0.05, 0.1) is 19.9 Å². The lowest BCUT2D eigenvalue weighted by Crippen LogP contribution is -2.58. The molecule has 1 spiro atoms. The predicted octanol–water partition coefficient (Wildman–Crippen LogP) is 2.12. The van der Waals surface area contributed by atoms with E-state index < -0.39 is 5.66 Å². The number of methoxy groups -OCH3 is 2. The molecule has 0 aromatic heterocycles. The Balaban J connectivity index is 2.13. The maximum absolute atomic E-state index is 6.28. The second-order valence-electron chi connectivity index (χ2n) is 6.31. The highest BCUT2D eigenvalue weighted by atomic mass is 16.5. The molecule has 24 heavy (non-hydrogen) atoms. The first-order chi connectivity index (χ1) is 11.5. The van der Waals surface area contributed by atoms with Crippen molar-refractivity contribution < 1.29 is 9.47 Å². The number of aryl methyl sites for hydroxylation is 1. The summed E-state index contributed by atoms with van der Waals surface area (Å²) in [6.45, 7) is 2.02. The van der Waals surface area contributed by atoms with Crippen molar-refractivity contribution in [1.29, 1.82) is 0 Å². The smallest absolute Gasteiger partial charge is 0.220 e. The van der Waals surface area contributed by atoms with E-state index in [0.29, 0.717) is 17.5 Å². The lowest BCUT2D eigenvalue weighted by atomic mass is 9.87. The Morgan fingerprint density at radius 2 is 1.67 bits per heavy atom. The third kappa shape index (κ3) is 2.64. The van der Waals surface area contributed by atoms with Gasteiger partial charge in [0.2, 0.25) is 11.9 Å². The van der Waals surface area contributed by atoms with Crippen LogP contribution < -0.4 is 25.8 Å². The maximum atomic E-state index is 6.28. The summed E-state index contributed by atoms with van der Waals surface area (Å²) < 4.78 is 10.8. The minimum atomic E-state index is -0.460. The number of ether oxygens (including phenoxy) is 2. The summed E-state index contributed by atoms with van der Waals surface area (Å²) in [6, 6.07) is 3.88. The number of aliphatic imine (C=N–C) groups is 2. The van der Waals surface area contributed by atoms with Crippen molar-refractivity contribution >= 4 is 17.6 Å². The molecule has 3 rings (SSSR count). The molecule has 1 heterocycles. The Morgan fingerprint density at radius 3 is 2.29 bits per heavy atom. The SMILES string of the molecule is COc1cc(C)c(N2C(N)=NC(N)=NC23CCCCC3)cc1OC. The number of guanidine groups is 2. The number of benzene rings is 1. The van der Waals surface area contributed by atoms with E-state index in [2.05, 4.69) is 4.99 Å². The van der Waals surface area contributed by atoms with Crippen molar-refractivity contribution in [1.82, 2.24) is 0 Å². The molecule has 7 nitrogen and oxygen atoms in total. The molecule has 1 aromatic carbocycles. The summed E-state index contributed by atoms with van der Waals surface area (Å²) in [6.07, 6.45) is 5.18. The standard InChI is InChI=1S/C17H25N5O2/c1-11-9-13(23-2)14(24-3)10-12(11)22-16(19)20-15(18)21-17(22)7-5-4-6-8-17/h9-10H,4-8H2,1-3H3,(H4,18,19,20,21). The van der Waals surface area contributed by atoms with Crippen LogP contribution in [0.15, 0.2) is 22.1 Å². The van der Waals surface area contributed by atoms with Crippen molar-refractivity contribution in [3.05, 3.63) is 17.7 Å². The van der Waals surface area contributed by atoms with Crippen molar-refractivity contribution in [2.24, 2.45) is 21.5 Å². The fourth-order valence-electron chi connectivity index (χ4n) is 3.68. The van der Waals surface area contributed by atoms with Gasteiger partial charge in [-0.25, -0.2) is 4.99 Å². The van der Waals surface area contributed by atoms with E-state index >= 15 is 0 Å². The Morgan fingerprint density at radius 1 is 1.04 bits per heavy atom. The van der Waals surface area contributed by atoms with Gasteiger partial charge in [0, 0.05) is 6.07 Å². The average molecular weight is 331 g/mol. The van der Waals surface area contributed by atoms with Gasteiger partial charge in [-0.2, -0.15) is 4.99 Å². The zero-order valence-corrected chi connectivity index (χ0v) is 14.5. The molecule has 0 saturated heterocycles.